The van der Waals surface area contributed by atoms with Gasteiger partial charge >= 0.3 is 0 Å². The number of nitrogens with zero attached hydrogens (tertiary/aromatic N) is 2. The van der Waals surface area contributed by atoms with E-state index >= 15 is 0 Å². The van der Waals surface area contributed by atoms with Gasteiger partial charge in [-0.15, -0.1) is 0 Å². The number of amides is 1. The van der Waals surface area contributed by atoms with Crippen molar-refractivity contribution in [2.45, 2.75) is 38.5 Å². The van der Waals surface area contributed by atoms with Gasteiger partial charge in [0.25, 0.3) is 0 Å². The maximum absolute atomic E-state index is 11.5. The number of hydrogen-bond acceptors (Lipinski definition) is 2. The topological polar surface area (TPSA) is 23.6 Å². The van der Waals surface area contributed by atoms with Gasteiger partial charge in [-0.3, -0.25) is 4.79 Å². The summed E-state index contributed by atoms with van der Waals surface area (Å²) in [4.78, 5) is 15.8. The Labute approximate surface area is 163 Å². The van der Waals surface area contributed by atoms with Crippen LogP contribution in [0.5, 0.6) is 0 Å². The molecule has 27 heavy (non-hydrogen) atoms. The smallest absolute Gasteiger partial charge is 0.245 e. The largest absolute Gasteiger partial charge is 0.342 e. The van der Waals surface area contributed by atoms with Crippen LogP contribution in [0.15, 0.2) is 61.2 Å². The molecule has 142 valence electrons. The number of unbranched alkanes of at least 4 members (excludes halogenated alkanes) is 3. The summed E-state index contributed by atoms with van der Waals surface area (Å²) in [6, 6.07) is 17.6. The van der Waals surface area contributed by atoms with Gasteiger partial charge in [-0.1, -0.05) is 55.8 Å². The predicted octanol–water partition coefficient (Wildman–Crippen LogP) is 5.13. The van der Waals surface area contributed by atoms with Crippen LogP contribution in [-0.2, 0) is 17.6 Å². The molecule has 1 amide bonds. The standard InChI is InChI=1S/C24H30N2O/c1-3-24(27)25(2)18-10-4-5-11-19-26-22-14-8-6-12-20(22)16-17-21-13-7-9-15-23(21)26/h3,6-9,12-15H,1,4-5,10-11,16-19H2,2H3. The first-order valence-electron chi connectivity index (χ1n) is 10.0. The van der Waals surface area contributed by atoms with Gasteiger partial charge in [0.15, 0.2) is 0 Å². The monoisotopic (exact) mass is 362 g/mol. The fourth-order valence-corrected chi connectivity index (χ4v) is 3.85. The second kappa shape index (κ2) is 9.40. The van der Waals surface area contributed by atoms with Crippen LogP contribution in [0.4, 0.5) is 11.4 Å². The SMILES string of the molecule is C=CC(=O)N(C)CCCCCCN1c2ccccc2CCc2ccccc21. The Bertz CT molecular complexity index is 736. The van der Waals surface area contributed by atoms with Crippen molar-refractivity contribution >= 4 is 17.3 Å². The molecule has 0 saturated heterocycles. The van der Waals surface area contributed by atoms with Gasteiger partial charge in [-0.2, -0.15) is 0 Å². The number of likely N-dealkylation sites (N-methyl/N-ethyl adjacent to an activating group) is 1. The summed E-state index contributed by atoms with van der Waals surface area (Å²) in [7, 11) is 1.84. The molecule has 1 aliphatic rings. The zero-order chi connectivity index (χ0) is 19.1. The minimum absolute atomic E-state index is 0.00720. The fourth-order valence-electron chi connectivity index (χ4n) is 3.85. The summed E-state index contributed by atoms with van der Waals surface area (Å²) in [5, 5.41) is 0. The summed E-state index contributed by atoms with van der Waals surface area (Å²) >= 11 is 0. The molecule has 0 aromatic heterocycles. The lowest BCUT2D eigenvalue weighted by Gasteiger charge is -2.27. The number of fused-ring (bicyclic) bond motifs is 2. The molecule has 0 fully saturated rings. The van der Waals surface area contributed by atoms with E-state index in [-0.39, 0.29) is 5.91 Å². The van der Waals surface area contributed by atoms with E-state index in [4.69, 9.17) is 0 Å². The highest BCUT2D eigenvalue weighted by Gasteiger charge is 2.19. The van der Waals surface area contributed by atoms with Crippen LogP contribution in [0.2, 0.25) is 0 Å². The van der Waals surface area contributed by atoms with Crippen molar-refractivity contribution in [1.82, 2.24) is 4.90 Å². The zero-order valence-electron chi connectivity index (χ0n) is 16.4. The quantitative estimate of drug-likeness (QED) is 0.480. The lowest BCUT2D eigenvalue weighted by atomic mass is 10.0. The van der Waals surface area contributed by atoms with Gasteiger partial charge in [0, 0.05) is 31.5 Å². The third-order valence-corrected chi connectivity index (χ3v) is 5.40. The zero-order valence-corrected chi connectivity index (χ0v) is 16.4. The van der Waals surface area contributed by atoms with Gasteiger partial charge in [0.1, 0.15) is 0 Å². The molecular weight excluding hydrogens is 332 g/mol. The Balaban J connectivity index is 1.58. The average Bonchev–Trinajstić information content (AvgIpc) is 2.87. The van der Waals surface area contributed by atoms with E-state index in [1.54, 1.807) is 4.90 Å². The molecular formula is C24H30N2O. The Morgan fingerprint density at radius 2 is 1.52 bits per heavy atom. The number of carbonyl (C=O) groups excluding carboxylic acids is 1. The third kappa shape index (κ3) is 4.79. The van der Waals surface area contributed by atoms with Crippen molar-refractivity contribution in [2.24, 2.45) is 0 Å². The van der Waals surface area contributed by atoms with Crippen LogP contribution >= 0.6 is 0 Å². The normalized spacial score (nSPS) is 12.7. The maximum Gasteiger partial charge on any atom is 0.245 e. The predicted molar refractivity (Wildman–Crippen MR) is 114 cm³/mol. The van der Waals surface area contributed by atoms with E-state index in [2.05, 4.69) is 60.0 Å². The van der Waals surface area contributed by atoms with Crippen LogP contribution in [0, 0.1) is 0 Å². The molecule has 0 unspecified atom stereocenters. The molecule has 1 aliphatic heterocycles. The van der Waals surface area contributed by atoms with Gasteiger partial charge in [-0.25, -0.2) is 0 Å². The van der Waals surface area contributed by atoms with Crippen LogP contribution < -0.4 is 4.90 Å². The van der Waals surface area contributed by atoms with E-state index in [9.17, 15) is 4.79 Å². The molecule has 2 aromatic carbocycles. The van der Waals surface area contributed by atoms with Crippen molar-refractivity contribution in [3.63, 3.8) is 0 Å². The molecule has 2 aromatic rings. The molecule has 0 radical (unpaired) electrons. The summed E-state index contributed by atoms with van der Waals surface area (Å²) < 4.78 is 0. The number of hydrogen-bond donors (Lipinski definition) is 0. The minimum atomic E-state index is 0.00720. The highest BCUT2D eigenvalue weighted by Crippen LogP contribution is 2.36. The Morgan fingerprint density at radius 3 is 2.11 bits per heavy atom. The van der Waals surface area contributed by atoms with Crippen LogP contribution in [-0.4, -0.2) is 30.9 Å². The summed E-state index contributed by atoms with van der Waals surface area (Å²) in [5.74, 6) is 0.00720. The average molecular weight is 363 g/mol. The summed E-state index contributed by atoms with van der Waals surface area (Å²) in [5.41, 5.74) is 5.61. The lowest BCUT2D eigenvalue weighted by molar-refractivity contribution is -0.124. The molecule has 0 saturated carbocycles. The highest BCUT2D eigenvalue weighted by atomic mass is 16.2. The van der Waals surface area contributed by atoms with Crippen LogP contribution in [0.3, 0.4) is 0 Å². The second-order valence-electron chi connectivity index (χ2n) is 7.29. The van der Waals surface area contributed by atoms with Crippen LogP contribution in [0.1, 0.15) is 36.8 Å². The van der Waals surface area contributed by atoms with E-state index in [0.717, 1.165) is 45.2 Å². The fraction of sp³-hybridized carbons (Fsp3) is 0.375. The first-order valence-corrected chi connectivity index (χ1v) is 10.0. The van der Waals surface area contributed by atoms with Gasteiger partial charge in [0.2, 0.25) is 5.91 Å². The van der Waals surface area contributed by atoms with Gasteiger partial charge in [-0.05, 0) is 55.0 Å². The molecule has 3 heteroatoms. The van der Waals surface area contributed by atoms with E-state index in [0.29, 0.717) is 0 Å². The first-order chi connectivity index (χ1) is 13.2. The Kier molecular flexibility index (Phi) is 6.69. The van der Waals surface area contributed by atoms with Crippen molar-refractivity contribution in [3.05, 3.63) is 72.3 Å². The van der Waals surface area contributed by atoms with Crippen LogP contribution in [0.25, 0.3) is 0 Å². The second-order valence-corrected chi connectivity index (χ2v) is 7.29. The number of para-hydroxylation sites is 2. The molecule has 0 aliphatic carbocycles. The molecule has 1 heterocycles. The molecule has 3 nitrogen and oxygen atoms in total. The summed E-state index contributed by atoms with van der Waals surface area (Å²) in [6.07, 6.45) is 8.11. The lowest BCUT2D eigenvalue weighted by Crippen LogP contribution is -2.25. The molecule has 0 spiro atoms. The van der Waals surface area contributed by atoms with E-state index < -0.39 is 0 Å². The first kappa shape index (κ1) is 19.2. The van der Waals surface area contributed by atoms with E-state index in [1.807, 2.05) is 7.05 Å². The minimum Gasteiger partial charge on any atom is -0.342 e. The molecule has 0 N–H and O–H groups in total. The van der Waals surface area contributed by atoms with E-state index in [1.165, 1.54) is 35.0 Å². The molecule has 3 rings (SSSR count). The summed E-state index contributed by atoms with van der Waals surface area (Å²) in [6.45, 7) is 5.38. The highest BCUT2D eigenvalue weighted by molar-refractivity contribution is 5.86. The van der Waals surface area contributed by atoms with Crippen molar-refractivity contribution < 1.29 is 4.79 Å². The molecule has 0 bridgehead atoms. The van der Waals surface area contributed by atoms with Gasteiger partial charge < -0.3 is 9.80 Å². The third-order valence-electron chi connectivity index (χ3n) is 5.40. The number of anilines is 2. The van der Waals surface area contributed by atoms with Crippen molar-refractivity contribution in [2.75, 3.05) is 25.0 Å². The molecule has 0 atom stereocenters. The Morgan fingerprint density at radius 1 is 0.963 bits per heavy atom. The maximum atomic E-state index is 11.5. The Hall–Kier alpha value is -2.55. The number of benzene rings is 2. The van der Waals surface area contributed by atoms with Gasteiger partial charge in [0.05, 0.1) is 0 Å². The number of carbonyl (C=O) groups is 1. The number of aryl methyl sites for hydroxylation is 2. The van der Waals surface area contributed by atoms with Crippen molar-refractivity contribution in [3.8, 4) is 0 Å². The number of rotatable bonds is 8. The van der Waals surface area contributed by atoms with Crippen molar-refractivity contribution in [1.29, 1.82) is 0 Å².